The van der Waals surface area contributed by atoms with Crippen molar-refractivity contribution >= 4 is 101 Å². The Bertz CT molecular complexity index is 4340. The SMILES string of the molecule is c1ccc([Si]2(c3ccccc3)c3ccccc3-c3c(-c4cccc5c(-c6c7ccccc7cc7ccccc67)c6cccc(-c7cccc8c7-c7ccccc7[Si]8(c7ccccc7)c7ccccc7)c6cc45)cccc32)cc1. The molecule has 0 bridgehead atoms. The molecular weight excluding hydrogens is 969 g/mol. The van der Waals surface area contributed by atoms with Gasteiger partial charge in [-0.25, -0.2) is 0 Å². The van der Waals surface area contributed by atoms with Gasteiger partial charge in [-0.1, -0.05) is 291 Å². The zero-order valence-electron chi connectivity index (χ0n) is 42.9. The molecule has 0 saturated carbocycles. The molecule has 0 saturated heterocycles. The van der Waals surface area contributed by atoms with Crippen LogP contribution in [0.4, 0.5) is 0 Å². The van der Waals surface area contributed by atoms with Crippen LogP contribution in [0.15, 0.2) is 303 Å². The highest BCUT2D eigenvalue weighted by atomic mass is 28.3. The first-order valence-corrected chi connectivity index (χ1v) is 31.3. The monoisotopic (exact) mass is 1020 g/mol. The second-order valence-corrected chi connectivity index (χ2v) is 28.7. The van der Waals surface area contributed by atoms with E-state index in [9.17, 15) is 0 Å². The summed E-state index contributed by atoms with van der Waals surface area (Å²) in [5.41, 5.74) is 13.0. The first-order chi connectivity index (χ1) is 38.7. The van der Waals surface area contributed by atoms with Crippen LogP contribution in [0.1, 0.15) is 0 Å². The first-order valence-electron chi connectivity index (χ1n) is 27.3. The molecule has 14 aromatic carbocycles. The third-order valence-electron chi connectivity index (χ3n) is 17.6. The molecule has 16 rings (SSSR count). The Morgan fingerprint density at radius 1 is 0.167 bits per heavy atom. The van der Waals surface area contributed by atoms with Gasteiger partial charge in [0.2, 0.25) is 0 Å². The van der Waals surface area contributed by atoms with Crippen LogP contribution in [0.25, 0.3) is 98.7 Å². The van der Waals surface area contributed by atoms with Gasteiger partial charge < -0.3 is 0 Å². The van der Waals surface area contributed by atoms with E-state index in [1.165, 1.54) is 140 Å². The second-order valence-electron chi connectivity index (χ2n) is 21.3. The van der Waals surface area contributed by atoms with E-state index in [-0.39, 0.29) is 0 Å². The fraction of sp³-hybridized carbons (Fsp3) is 0. The molecule has 0 unspecified atom stereocenters. The molecule has 0 fully saturated rings. The number of hydrogen-bond donors (Lipinski definition) is 0. The maximum Gasteiger partial charge on any atom is 0.180 e. The number of hydrogen-bond acceptors (Lipinski definition) is 0. The predicted molar refractivity (Wildman–Crippen MR) is 338 cm³/mol. The largest absolute Gasteiger partial charge is 0.180 e. The lowest BCUT2D eigenvalue weighted by Gasteiger charge is -2.31. The lowest BCUT2D eigenvalue weighted by Crippen LogP contribution is -2.72. The third-order valence-corrected chi connectivity index (χ3v) is 27.3. The summed E-state index contributed by atoms with van der Waals surface area (Å²) in [6.45, 7) is 0. The summed E-state index contributed by atoms with van der Waals surface area (Å²) in [7, 11) is -5.55. The van der Waals surface area contributed by atoms with Crippen molar-refractivity contribution in [3.8, 4) is 55.6 Å². The van der Waals surface area contributed by atoms with Gasteiger partial charge in [0.1, 0.15) is 0 Å². The zero-order chi connectivity index (χ0) is 51.4. The van der Waals surface area contributed by atoms with Crippen LogP contribution in [0, 0.1) is 0 Å². The molecule has 0 aliphatic carbocycles. The molecule has 0 atom stereocenters. The van der Waals surface area contributed by atoms with Crippen LogP contribution in [-0.2, 0) is 0 Å². The van der Waals surface area contributed by atoms with Crippen LogP contribution in [-0.4, -0.2) is 16.1 Å². The van der Waals surface area contributed by atoms with Gasteiger partial charge in [0.25, 0.3) is 0 Å². The summed E-state index contributed by atoms with van der Waals surface area (Å²) in [6, 6.07) is 116. The van der Waals surface area contributed by atoms with E-state index in [1.807, 2.05) is 0 Å². The second kappa shape index (κ2) is 17.6. The Hall–Kier alpha value is -9.45. The number of fused-ring (bicyclic) bond motifs is 10. The molecular formula is C76H50Si2. The average Bonchev–Trinajstić information content (AvgIpc) is 3.98. The maximum atomic E-state index is 2.57. The van der Waals surface area contributed by atoms with Gasteiger partial charge in [-0.3, -0.25) is 0 Å². The van der Waals surface area contributed by atoms with E-state index in [2.05, 4.69) is 303 Å². The van der Waals surface area contributed by atoms with E-state index < -0.39 is 16.1 Å². The summed E-state index contributed by atoms with van der Waals surface area (Å²) >= 11 is 0. The minimum absolute atomic E-state index is 1.24. The highest BCUT2D eigenvalue weighted by Crippen LogP contribution is 2.50. The fourth-order valence-corrected chi connectivity index (χ4v) is 25.0. The van der Waals surface area contributed by atoms with Crippen molar-refractivity contribution in [2.45, 2.75) is 0 Å². The van der Waals surface area contributed by atoms with Crippen LogP contribution in [0.3, 0.4) is 0 Å². The normalized spacial score (nSPS) is 13.6. The fourth-order valence-electron chi connectivity index (χ4n) is 14.6. The maximum absolute atomic E-state index is 2.78. The zero-order valence-corrected chi connectivity index (χ0v) is 44.9. The van der Waals surface area contributed by atoms with Gasteiger partial charge in [-0.15, -0.1) is 0 Å². The topological polar surface area (TPSA) is 0 Å². The number of rotatable bonds is 7. The molecule has 2 aliphatic heterocycles. The molecule has 2 aliphatic rings. The van der Waals surface area contributed by atoms with Gasteiger partial charge in [0, 0.05) is 0 Å². The van der Waals surface area contributed by atoms with Crippen molar-refractivity contribution in [1.82, 2.24) is 0 Å². The van der Waals surface area contributed by atoms with Crippen LogP contribution >= 0.6 is 0 Å². The van der Waals surface area contributed by atoms with Crippen LogP contribution in [0.2, 0.25) is 0 Å². The van der Waals surface area contributed by atoms with E-state index in [0.717, 1.165) is 0 Å². The average molecular weight is 1020 g/mol. The van der Waals surface area contributed by atoms with Crippen molar-refractivity contribution in [1.29, 1.82) is 0 Å². The summed E-state index contributed by atoms with van der Waals surface area (Å²) in [4.78, 5) is 0. The van der Waals surface area contributed by atoms with Crippen molar-refractivity contribution < 1.29 is 0 Å². The van der Waals surface area contributed by atoms with Gasteiger partial charge in [0.15, 0.2) is 16.1 Å². The molecule has 0 N–H and O–H groups in total. The molecule has 0 aromatic heterocycles. The van der Waals surface area contributed by atoms with E-state index in [4.69, 9.17) is 0 Å². The van der Waals surface area contributed by atoms with Gasteiger partial charge in [-0.05, 0) is 152 Å². The Morgan fingerprint density at radius 2 is 0.462 bits per heavy atom. The molecule has 2 heterocycles. The van der Waals surface area contributed by atoms with E-state index >= 15 is 0 Å². The quantitative estimate of drug-likeness (QED) is 0.110. The Labute approximate surface area is 456 Å². The third kappa shape index (κ3) is 6.21. The lowest BCUT2D eigenvalue weighted by molar-refractivity contribution is 1.65. The van der Waals surface area contributed by atoms with Crippen molar-refractivity contribution in [2.24, 2.45) is 0 Å². The lowest BCUT2D eigenvalue weighted by atomic mass is 9.82. The predicted octanol–water partition coefficient (Wildman–Crippen LogP) is 14.0. The summed E-state index contributed by atoms with van der Waals surface area (Å²) in [5, 5.41) is 21.4. The summed E-state index contributed by atoms with van der Waals surface area (Å²) in [5.74, 6) is 0. The Balaban J connectivity index is 1.05. The minimum atomic E-state index is -2.78. The van der Waals surface area contributed by atoms with Crippen LogP contribution < -0.4 is 41.5 Å². The molecule has 0 amide bonds. The van der Waals surface area contributed by atoms with Crippen molar-refractivity contribution in [3.05, 3.63) is 303 Å². The molecule has 0 nitrogen and oxygen atoms in total. The Morgan fingerprint density at radius 3 is 0.885 bits per heavy atom. The first kappa shape index (κ1) is 44.8. The molecule has 0 radical (unpaired) electrons. The van der Waals surface area contributed by atoms with Crippen molar-refractivity contribution in [3.63, 3.8) is 0 Å². The highest BCUT2D eigenvalue weighted by molar-refractivity contribution is 7.23. The summed E-state index contributed by atoms with van der Waals surface area (Å²) in [6.07, 6.45) is 0. The van der Waals surface area contributed by atoms with Gasteiger partial charge >= 0.3 is 0 Å². The standard InChI is InChI=1S/C76H50Si2/c1-5-27-53(28-6-1)77(54-29-7-2-8-30-54)69-45-19-17-37-65(69)73-61(43-23-47-71(73)77)59-39-21-41-63-67(59)50-68-60(40-22-42-64(68)76(63)75-57-35-15-13-25-51(57)49-52-26-14-16-36-58(52)75)62-44-24-48-72-74(62)66-38-18-20-46-70(66)78(72,55-31-9-3-10-32-55)56-33-11-4-12-34-56/h1-50H. The molecule has 362 valence electrons. The van der Waals surface area contributed by atoms with E-state index in [1.54, 1.807) is 0 Å². The van der Waals surface area contributed by atoms with E-state index in [0.29, 0.717) is 0 Å². The summed E-state index contributed by atoms with van der Waals surface area (Å²) < 4.78 is 0. The Kier molecular flexibility index (Phi) is 10.1. The minimum Gasteiger partial charge on any atom is -0.0623 e. The smallest absolute Gasteiger partial charge is 0.0623 e. The molecule has 2 heteroatoms. The van der Waals surface area contributed by atoms with Crippen LogP contribution in [0.5, 0.6) is 0 Å². The highest BCUT2D eigenvalue weighted by Gasteiger charge is 2.51. The number of benzene rings is 14. The molecule has 78 heavy (non-hydrogen) atoms. The molecule has 14 aromatic rings. The van der Waals surface area contributed by atoms with Gasteiger partial charge in [0.05, 0.1) is 0 Å². The van der Waals surface area contributed by atoms with Gasteiger partial charge in [-0.2, -0.15) is 0 Å². The molecule has 0 spiro atoms. The van der Waals surface area contributed by atoms with Crippen molar-refractivity contribution in [2.75, 3.05) is 0 Å².